The third kappa shape index (κ3) is 4.23. The second-order valence-corrected chi connectivity index (χ2v) is 4.10. The molecule has 1 heterocycles. The van der Waals surface area contributed by atoms with Gasteiger partial charge < -0.3 is 9.15 Å². The first-order valence-electron chi connectivity index (χ1n) is 6.07. The fraction of sp³-hybridized carbons (Fsp3) is 0.615. The lowest BCUT2D eigenvalue weighted by atomic mass is 10.1. The van der Waals surface area contributed by atoms with Crippen LogP contribution in [0.2, 0.25) is 0 Å². The van der Waals surface area contributed by atoms with Crippen LogP contribution in [0.1, 0.15) is 32.3 Å². The fourth-order valence-electron chi connectivity index (χ4n) is 1.81. The predicted molar refractivity (Wildman–Crippen MR) is 65.5 cm³/mol. The fourth-order valence-corrected chi connectivity index (χ4v) is 1.81. The molecule has 0 aliphatic heterocycles. The summed E-state index contributed by atoms with van der Waals surface area (Å²) in [4.78, 5) is 13.8. The van der Waals surface area contributed by atoms with E-state index in [-0.39, 0.29) is 12.0 Å². The Bertz CT molecular complexity index is 321. The highest BCUT2D eigenvalue weighted by Crippen LogP contribution is 2.12. The molecule has 17 heavy (non-hydrogen) atoms. The molecule has 4 nitrogen and oxygen atoms in total. The highest BCUT2D eigenvalue weighted by molar-refractivity contribution is 5.75. The number of hydrogen-bond acceptors (Lipinski definition) is 4. The summed E-state index contributed by atoms with van der Waals surface area (Å²) in [6.07, 6.45) is 5.11. The van der Waals surface area contributed by atoms with Gasteiger partial charge in [0.05, 0.1) is 19.1 Å². The van der Waals surface area contributed by atoms with Gasteiger partial charge in [-0.05, 0) is 26.5 Å². The molecule has 0 saturated heterocycles. The number of ether oxygens (including phenoxy) is 1. The first kappa shape index (κ1) is 13.8. The summed E-state index contributed by atoms with van der Waals surface area (Å²) in [5.74, 6) is -0.139. The van der Waals surface area contributed by atoms with Gasteiger partial charge in [0.1, 0.15) is 6.04 Å². The minimum Gasteiger partial charge on any atom is -0.472 e. The second-order valence-electron chi connectivity index (χ2n) is 4.10. The lowest BCUT2D eigenvalue weighted by molar-refractivity contribution is -0.149. The zero-order valence-corrected chi connectivity index (χ0v) is 10.8. The monoisotopic (exact) mass is 239 g/mol. The Kier molecular flexibility index (Phi) is 5.77. The molecule has 0 spiro atoms. The number of carbonyl (C=O) groups is 1. The van der Waals surface area contributed by atoms with E-state index in [1.807, 2.05) is 24.9 Å². The van der Waals surface area contributed by atoms with Gasteiger partial charge >= 0.3 is 5.97 Å². The van der Waals surface area contributed by atoms with Gasteiger partial charge in [-0.2, -0.15) is 0 Å². The van der Waals surface area contributed by atoms with Gasteiger partial charge in [-0.1, -0.05) is 13.3 Å². The van der Waals surface area contributed by atoms with Crippen LogP contribution in [0.15, 0.2) is 23.0 Å². The van der Waals surface area contributed by atoms with Gasteiger partial charge in [-0.3, -0.25) is 9.69 Å². The molecular formula is C13H21NO3. The molecule has 1 unspecified atom stereocenters. The molecule has 1 aromatic rings. The van der Waals surface area contributed by atoms with Gasteiger partial charge in [0, 0.05) is 12.1 Å². The number of likely N-dealkylation sites (N-methyl/N-ethyl adjacent to an activating group) is 1. The van der Waals surface area contributed by atoms with Gasteiger partial charge in [0.15, 0.2) is 0 Å². The molecule has 0 aliphatic rings. The van der Waals surface area contributed by atoms with E-state index in [9.17, 15) is 4.79 Å². The maximum absolute atomic E-state index is 11.8. The molecule has 0 N–H and O–H groups in total. The minimum atomic E-state index is -0.171. The molecule has 0 aromatic carbocycles. The van der Waals surface area contributed by atoms with Gasteiger partial charge in [0.25, 0.3) is 0 Å². The first-order valence-corrected chi connectivity index (χ1v) is 6.07. The Balaban J connectivity index is 2.59. The van der Waals surface area contributed by atoms with Crippen LogP contribution in [-0.2, 0) is 16.1 Å². The Morgan fingerprint density at radius 2 is 2.29 bits per heavy atom. The van der Waals surface area contributed by atoms with Crippen LogP contribution in [0, 0.1) is 0 Å². The van der Waals surface area contributed by atoms with Crippen LogP contribution in [-0.4, -0.2) is 30.6 Å². The second kappa shape index (κ2) is 7.12. The Morgan fingerprint density at radius 3 is 2.82 bits per heavy atom. The molecule has 0 saturated carbocycles. The van der Waals surface area contributed by atoms with Crippen molar-refractivity contribution in [3.63, 3.8) is 0 Å². The van der Waals surface area contributed by atoms with Crippen molar-refractivity contribution in [1.82, 2.24) is 4.90 Å². The average Bonchev–Trinajstić information content (AvgIpc) is 2.78. The van der Waals surface area contributed by atoms with E-state index in [1.165, 1.54) is 0 Å². The molecule has 4 heteroatoms. The quantitative estimate of drug-likeness (QED) is 0.685. The lowest BCUT2D eigenvalue weighted by Gasteiger charge is -2.25. The molecule has 96 valence electrons. The Labute approximate surface area is 103 Å². The smallest absolute Gasteiger partial charge is 0.323 e. The van der Waals surface area contributed by atoms with E-state index >= 15 is 0 Å². The predicted octanol–water partition coefficient (Wildman–Crippen LogP) is 2.44. The third-order valence-corrected chi connectivity index (χ3v) is 2.66. The van der Waals surface area contributed by atoms with Crippen molar-refractivity contribution in [2.24, 2.45) is 0 Å². The van der Waals surface area contributed by atoms with E-state index in [4.69, 9.17) is 9.15 Å². The van der Waals surface area contributed by atoms with Crippen molar-refractivity contribution in [1.29, 1.82) is 0 Å². The van der Waals surface area contributed by atoms with E-state index in [0.717, 1.165) is 18.4 Å². The summed E-state index contributed by atoms with van der Waals surface area (Å²) >= 11 is 0. The van der Waals surface area contributed by atoms with Crippen LogP contribution in [0.3, 0.4) is 0 Å². The van der Waals surface area contributed by atoms with Crippen LogP contribution >= 0.6 is 0 Å². The van der Waals surface area contributed by atoms with Crippen molar-refractivity contribution in [3.8, 4) is 0 Å². The van der Waals surface area contributed by atoms with E-state index in [0.29, 0.717) is 13.2 Å². The maximum Gasteiger partial charge on any atom is 0.323 e. The number of nitrogens with zero attached hydrogens (tertiary/aromatic N) is 1. The summed E-state index contributed by atoms with van der Waals surface area (Å²) < 4.78 is 10.1. The van der Waals surface area contributed by atoms with Crippen molar-refractivity contribution in [2.45, 2.75) is 39.3 Å². The van der Waals surface area contributed by atoms with Crippen molar-refractivity contribution in [2.75, 3.05) is 13.7 Å². The molecule has 0 fully saturated rings. The first-order chi connectivity index (χ1) is 8.19. The van der Waals surface area contributed by atoms with Crippen molar-refractivity contribution < 1.29 is 13.9 Å². The molecule has 0 bridgehead atoms. The van der Waals surface area contributed by atoms with Crippen LogP contribution < -0.4 is 0 Å². The molecule has 0 aliphatic carbocycles. The molecule has 0 radical (unpaired) electrons. The average molecular weight is 239 g/mol. The summed E-state index contributed by atoms with van der Waals surface area (Å²) in [6, 6.07) is 1.74. The highest BCUT2D eigenvalue weighted by Gasteiger charge is 2.23. The molecule has 1 atom stereocenters. The third-order valence-electron chi connectivity index (χ3n) is 2.66. The minimum absolute atomic E-state index is 0.139. The van der Waals surface area contributed by atoms with Crippen molar-refractivity contribution in [3.05, 3.63) is 24.2 Å². The van der Waals surface area contributed by atoms with Crippen molar-refractivity contribution >= 4 is 5.97 Å². The number of carbonyl (C=O) groups excluding carboxylic acids is 1. The molecule has 1 aromatic heterocycles. The zero-order valence-electron chi connectivity index (χ0n) is 10.8. The normalized spacial score (nSPS) is 12.7. The summed E-state index contributed by atoms with van der Waals surface area (Å²) in [6.45, 7) is 5.02. The lowest BCUT2D eigenvalue weighted by Crippen LogP contribution is -2.39. The molecular weight excluding hydrogens is 218 g/mol. The van der Waals surface area contributed by atoms with Gasteiger partial charge in [-0.15, -0.1) is 0 Å². The molecule has 1 rings (SSSR count). The summed E-state index contributed by atoms with van der Waals surface area (Å²) in [5.41, 5.74) is 1.07. The SMILES string of the molecule is CCCC(C(=O)OCC)N(C)Cc1ccoc1. The Morgan fingerprint density at radius 1 is 1.53 bits per heavy atom. The number of esters is 1. The summed E-state index contributed by atoms with van der Waals surface area (Å²) in [7, 11) is 1.93. The number of rotatable bonds is 7. The number of furan rings is 1. The van der Waals surface area contributed by atoms with Crippen LogP contribution in [0.5, 0.6) is 0 Å². The topological polar surface area (TPSA) is 42.7 Å². The summed E-state index contributed by atoms with van der Waals surface area (Å²) in [5, 5.41) is 0. The highest BCUT2D eigenvalue weighted by atomic mass is 16.5. The van der Waals surface area contributed by atoms with E-state index in [1.54, 1.807) is 12.5 Å². The largest absolute Gasteiger partial charge is 0.472 e. The maximum atomic E-state index is 11.8. The van der Waals surface area contributed by atoms with E-state index < -0.39 is 0 Å². The number of hydrogen-bond donors (Lipinski definition) is 0. The zero-order chi connectivity index (χ0) is 12.7. The van der Waals surface area contributed by atoms with E-state index in [2.05, 4.69) is 6.92 Å². The van der Waals surface area contributed by atoms with Gasteiger partial charge in [-0.25, -0.2) is 0 Å². The standard InChI is InChI=1S/C13H21NO3/c1-4-6-12(13(15)17-5-2)14(3)9-11-7-8-16-10-11/h7-8,10,12H,4-6,9H2,1-3H3. The van der Waals surface area contributed by atoms with Crippen LogP contribution in [0.4, 0.5) is 0 Å². The van der Waals surface area contributed by atoms with Gasteiger partial charge in [0.2, 0.25) is 0 Å². The Hall–Kier alpha value is -1.29. The van der Waals surface area contributed by atoms with Crippen LogP contribution in [0.25, 0.3) is 0 Å². The molecule has 0 amide bonds.